The Morgan fingerprint density at radius 1 is 1.19 bits per heavy atom. The van der Waals surface area contributed by atoms with Gasteiger partial charge < -0.3 is 10.1 Å². The van der Waals surface area contributed by atoms with Gasteiger partial charge in [0.2, 0.25) is 0 Å². The van der Waals surface area contributed by atoms with E-state index in [0.29, 0.717) is 15.7 Å². The summed E-state index contributed by atoms with van der Waals surface area (Å²) in [5.74, 6) is 0.287. The van der Waals surface area contributed by atoms with Gasteiger partial charge >= 0.3 is 6.18 Å². The topological polar surface area (TPSA) is 69.1 Å². The third kappa shape index (κ3) is 2.77. The number of aromatic nitrogens is 4. The number of alkyl halides is 3. The largest absolute Gasteiger partial charge is 0.417 e. The molecule has 0 bridgehead atoms. The van der Waals surface area contributed by atoms with Crippen LogP contribution < -0.4 is 5.73 Å². The number of pyridine rings is 1. The summed E-state index contributed by atoms with van der Waals surface area (Å²) in [6, 6.07) is 2.27. The third-order valence-corrected chi connectivity index (χ3v) is 3.54. The van der Waals surface area contributed by atoms with E-state index in [0.717, 1.165) is 24.0 Å². The number of nitrogen functional groups attached to an aromatic ring is 1. The summed E-state index contributed by atoms with van der Waals surface area (Å²) in [5, 5.41) is 0.859. The summed E-state index contributed by atoms with van der Waals surface area (Å²) in [4.78, 5) is 12.1. The molecule has 0 aliphatic heterocycles. The predicted octanol–water partition coefficient (Wildman–Crippen LogP) is 2.88. The van der Waals surface area contributed by atoms with Gasteiger partial charge in [-0.2, -0.15) is 13.2 Å². The van der Waals surface area contributed by atoms with E-state index in [9.17, 15) is 13.2 Å². The molecule has 0 saturated carbocycles. The molecule has 3 aromatic rings. The summed E-state index contributed by atoms with van der Waals surface area (Å²) in [6.45, 7) is 0. The first-order valence-corrected chi connectivity index (χ1v) is 6.55. The van der Waals surface area contributed by atoms with Gasteiger partial charge in [-0.25, -0.2) is 15.0 Å². The van der Waals surface area contributed by atoms with E-state index in [1.165, 1.54) is 6.07 Å². The molecule has 5 nitrogen and oxygen atoms in total. The Kier molecular flexibility index (Phi) is 3.20. The van der Waals surface area contributed by atoms with Crippen molar-refractivity contribution in [3.63, 3.8) is 0 Å². The average Bonchev–Trinajstić information content (AvgIpc) is 2.86. The first-order valence-electron chi connectivity index (χ1n) is 5.74. The fraction of sp³-hybridized carbons (Fsp3) is 0.0833. The second-order valence-electron chi connectivity index (χ2n) is 4.11. The van der Waals surface area contributed by atoms with E-state index in [4.69, 9.17) is 5.73 Å². The second-order valence-corrected chi connectivity index (χ2v) is 5.12. The van der Waals surface area contributed by atoms with Gasteiger partial charge in [-0.3, -0.25) is 0 Å². The van der Waals surface area contributed by atoms with E-state index in [1.54, 1.807) is 23.0 Å². The molecule has 0 aromatic carbocycles. The monoisotopic (exact) mass is 311 g/mol. The van der Waals surface area contributed by atoms with Crippen molar-refractivity contribution in [2.75, 3.05) is 5.73 Å². The lowest BCUT2D eigenvalue weighted by Gasteiger charge is -2.07. The molecule has 0 atom stereocenters. The molecule has 9 heteroatoms. The number of fused-ring (bicyclic) bond motifs is 1. The summed E-state index contributed by atoms with van der Waals surface area (Å²) in [6.07, 6.45) is 1.28. The summed E-state index contributed by atoms with van der Waals surface area (Å²) < 4.78 is 39.1. The molecule has 0 aliphatic rings. The van der Waals surface area contributed by atoms with Crippen molar-refractivity contribution in [3.05, 3.63) is 42.5 Å². The van der Waals surface area contributed by atoms with Gasteiger partial charge in [0.1, 0.15) is 15.9 Å². The van der Waals surface area contributed by atoms with Crippen LogP contribution in [0.15, 0.2) is 47.0 Å². The number of nitrogens with two attached hydrogens (primary N) is 1. The van der Waals surface area contributed by atoms with Crippen LogP contribution in [0.4, 0.5) is 19.0 Å². The first-order chi connectivity index (χ1) is 9.93. The van der Waals surface area contributed by atoms with E-state index in [-0.39, 0.29) is 5.82 Å². The number of rotatable bonds is 2. The van der Waals surface area contributed by atoms with Crippen molar-refractivity contribution in [1.29, 1.82) is 0 Å². The number of nitrogens with zero attached hydrogens (tertiary/aromatic N) is 4. The molecule has 108 valence electrons. The Hall–Kier alpha value is -2.29. The van der Waals surface area contributed by atoms with Crippen molar-refractivity contribution in [2.24, 2.45) is 0 Å². The number of anilines is 1. The van der Waals surface area contributed by atoms with Gasteiger partial charge in [-0.1, -0.05) is 0 Å². The van der Waals surface area contributed by atoms with Crippen LogP contribution in [0.5, 0.6) is 0 Å². The Bertz CT molecular complexity index is 782. The molecule has 0 fully saturated rings. The fourth-order valence-corrected chi connectivity index (χ4v) is 2.54. The molecule has 21 heavy (non-hydrogen) atoms. The highest BCUT2D eigenvalue weighted by Crippen LogP contribution is 2.32. The molecule has 0 saturated heterocycles. The van der Waals surface area contributed by atoms with Gasteiger partial charge in [0.25, 0.3) is 0 Å². The summed E-state index contributed by atoms with van der Waals surface area (Å²) in [5.41, 5.74) is 5.45. The van der Waals surface area contributed by atoms with Crippen LogP contribution in [0, 0.1) is 0 Å². The molecule has 3 rings (SSSR count). The average molecular weight is 311 g/mol. The van der Waals surface area contributed by atoms with Crippen LogP contribution in [0.25, 0.3) is 5.65 Å². The quantitative estimate of drug-likeness (QED) is 0.788. The lowest BCUT2D eigenvalue weighted by molar-refractivity contribution is -0.137. The van der Waals surface area contributed by atoms with Crippen molar-refractivity contribution < 1.29 is 13.2 Å². The molecule has 0 unspecified atom stereocenters. The molecule has 2 N–H and O–H groups in total. The standard InChI is InChI=1S/C12H8F3N5S/c13-12(14,15)7-1-2-9(18-5-7)21-11-10-17-3-4-20(10)6-8(16)19-11/h1-6H,16H2. The fourth-order valence-electron chi connectivity index (χ4n) is 1.70. The van der Waals surface area contributed by atoms with Crippen molar-refractivity contribution >= 4 is 23.2 Å². The number of halogens is 3. The van der Waals surface area contributed by atoms with Gasteiger partial charge in [-0.05, 0) is 23.9 Å². The maximum atomic E-state index is 12.5. The van der Waals surface area contributed by atoms with Gasteiger partial charge in [-0.15, -0.1) is 0 Å². The maximum Gasteiger partial charge on any atom is 0.417 e. The highest BCUT2D eigenvalue weighted by Gasteiger charge is 2.30. The number of imidazole rings is 1. The molecular formula is C12H8F3N5S. The minimum absolute atomic E-state index is 0.287. The van der Waals surface area contributed by atoms with Crippen LogP contribution in [0.1, 0.15) is 5.56 Å². The molecule has 0 amide bonds. The number of hydrogen-bond donors (Lipinski definition) is 1. The van der Waals surface area contributed by atoms with Gasteiger partial charge in [0.15, 0.2) is 5.65 Å². The SMILES string of the molecule is Nc1cn2ccnc2c(Sc2ccc(C(F)(F)F)cn2)n1. The van der Waals surface area contributed by atoms with Gasteiger partial charge in [0, 0.05) is 18.6 Å². The van der Waals surface area contributed by atoms with Gasteiger partial charge in [0.05, 0.1) is 11.8 Å². The Balaban J connectivity index is 1.93. The van der Waals surface area contributed by atoms with Crippen LogP contribution >= 0.6 is 11.8 Å². The highest BCUT2D eigenvalue weighted by molar-refractivity contribution is 7.99. The van der Waals surface area contributed by atoms with Crippen molar-refractivity contribution in [3.8, 4) is 0 Å². The summed E-state index contributed by atoms with van der Waals surface area (Å²) in [7, 11) is 0. The zero-order valence-electron chi connectivity index (χ0n) is 10.4. The minimum atomic E-state index is -4.40. The smallest absolute Gasteiger partial charge is 0.382 e. The maximum absolute atomic E-state index is 12.5. The van der Waals surface area contributed by atoms with E-state index in [2.05, 4.69) is 15.0 Å². The first kappa shape index (κ1) is 13.7. The summed E-state index contributed by atoms with van der Waals surface area (Å²) >= 11 is 1.10. The van der Waals surface area contributed by atoms with E-state index < -0.39 is 11.7 Å². The lowest BCUT2D eigenvalue weighted by atomic mass is 10.3. The molecule has 0 radical (unpaired) electrons. The Labute approximate surface area is 121 Å². The minimum Gasteiger partial charge on any atom is -0.382 e. The molecule has 0 aliphatic carbocycles. The van der Waals surface area contributed by atoms with Crippen molar-refractivity contribution in [2.45, 2.75) is 16.2 Å². The second kappa shape index (κ2) is 4.92. The van der Waals surface area contributed by atoms with Crippen LogP contribution in [-0.4, -0.2) is 19.4 Å². The molecular weight excluding hydrogens is 303 g/mol. The molecule has 0 spiro atoms. The van der Waals surface area contributed by atoms with Crippen LogP contribution in [0.2, 0.25) is 0 Å². The Morgan fingerprint density at radius 3 is 2.67 bits per heavy atom. The van der Waals surface area contributed by atoms with Crippen LogP contribution in [-0.2, 0) is 6.18 Å². The molecule has 3 heterocycles. The zero-order chi connectivity index (χ0) is 15.0. The highest BCUT2D eigenvalue weighted by atomic mass is 32.2. The predicted molar refractivity (Wildman–Crippen MR) is 70.8 cm³/mol. The van der Waals surface area contributed by atoms with Crippen LogP contribution in [0.3, 0.4) is 0 Å². The van der Waals surface area contributed by atoms with Crippen molar-refractivity contribution in [1.82, 2.24) is 19.4 Å². The third-order valence-electron chi connectivity index (χ3n) is 2.63. The van der Waals surface area contributed by atoms with E-state index in [1.807, 2.05) is 0 Å². The zero-order valence-corrected chi connectivity index (χ0v) is 11.2. The normalized spacial score (nSPS) is 12.0. The Morgan fingerprint density at radius 2 is 2.00 bits per heavy atom. The molecule has 3 aromatic heterocycles. The van der Waals surface area contributed by atoms with E-state index >= 15 is 0 Å². The number of hydrogen-bond acceptors (Lipinski definition) is 5. The lowest BCUT2D eigenvalue weighted by Crippen LogP contribution is -2.05.